The van der Waals surface area contributed by atoms with Gasteiger partial charge in [0.05, 0.1) is 0 Å². The van der Waals surface area contributed by atoms with Gasteiger partial charge in [-0.15, -0.1) is 6.42 Å². The Morgan fingerprint density at radius 3 is 2.96 bits per heavy atom. The minimum Gasteiger partial charge on any atom is -0.377 e. The topological polar surface area (TPSA) is 20.2 Å². The highest BCUT2D eigenvalue weighted by molar-refractivity contribution is 5.32. The number of aliphatic hydroxyl groups is 1. The van der Waals surface area contributed by atoms with Crippen molar-refractivity contribution in [3.8, 4) is 12.3 Å². The minimum atomic E-state index is -0.914. The first kappa shape index (κ1) is 15.5. The van der Waals surface area contributed by atoms with Gasteiger partial charge < -0.3 is 5.11 Å². The van der Waals surface area contributed by atoms with Crippen molar-refractivity contribution in [2.24, 2.45) is 29.1 Å². The molecule has 0 amide bonds. The Kier molecular flexibility index (Phi) is 3.54. The maximum atomic E-state index is 11.2. The zero-order chi connectivity index (χ0) is 16.2. The molecule has 4 aliphatic rings. The third-order valence-corrected chi connectivity index (χ3v) is 8.01. The van der Waals surface area contributed by atoms with Gasteiger partial charge in [0.15, 0.2) is 0 Å². The van der Waals surface area contributed by atoms with Crippen LogP contribution in [0.3, 0.4) is 0 Å². The lowest BCUT2D eigenvalue weighted by Crippen LogP contribution is -2.54. The summed E-state index contributed by atoms with van der Waals surface area (Å²) in [4.78, 5) is 0. The first-order chi connectivity index (χ1) is 11.1. The highest BCUT2D eigenvalue weighted by Crippen LogP contribution is 2.67. The third kappa shape index (κ3) is 1.91. The van der Waals surface area contributed by atoms with Crippen LogP contribution in [0.2, 0.25) is 0 Å². The first-order valence-electron chi connectivity index (χ1n) is 9.63. The molecule has 1 nitrogen and oxygen atoms in total. The molecule has 0 aromatic carbocycles. The van der Waals surface area contributed by atoms with E-state index in [2.05, 4.69) is 25.5 Å². The molecule has 0 unspecified atom stereocenters. The Bertz CT molecular complexity index is 594. The highest BCUT2D eigenvalue weighted by atomic mass is 16.3. The molecule has 0 heterocycles. The molecule has 0 bridgehead atoms. The lowest BCUT2D eigenvalue weighted by Gasteiger charge is -2.56. The number of hydrogen-bond donors (Lipinski definition) is 1. The molecule has 124 valence electrons. The van der Waals surface area contributed by atoms with Crippen molar-refractivity contribution in [3.05, 3.63) is 23.8 Å². The molecule has 4 rings (SSSR count). The van der Waals surface area contributed by atoms with E-state index < -0.39 is 5.60 Å². The van der Waals surface area contributed by atoms with Crippen LogP contribution >= 0.6 is 0 Å². The number of terminal acetylenes is 1. The number of allylic oxidation sites excluding steroid dienone is 3. The van der Waals surface area contributed by atoms with E-state index in [0.29, 0.717) is 17.8 Å². The summed E-state index contributed by atoms with van der Waals surface area (Å²) in [7, 11) is 0. The molecule has 1 N–H and O–H groups in total. The van der Waals surface area contributed by atoms with Crippen LogP contribution in [0.1, 0.15) is 64.7 Å². The predicted molar refractivity (Wildman–Crippen MR) is 94.6 cm³/mol. The van der Waals surface area contributed by atoms with Crippen molar-refractivity contribution in [2.75, 3.05) is 0 Å². The van der Waals surface area contributed by atoms with Crippen molar-refractivity contribution in [2.45, 2.75) is 70.3 Å². The van der Waals surface area contributed by atoms with E-state index in [1.54, 1.807) is 5.57 Å². The minimum absolute atomic E-state index is 0.115. The first-order valence-corrected chi connectivity index (χ1v) is 9.63. The van der Waals surface area contributed by atoms with Crippen LogP contribution in [0.25, 0.3) is 0 Å². The van der Waals surface area contributed by atoms with Crippen LogP contribution in [0, 0.1) is 41.4 Å². The lowest BCUT2D eigenvalue weighted by atomic mass is 9.48. The van der Waals surface area contributed by atoms with Gasteiger partial charge in [0.1, 0.15) is 5.60 Å². The summed E-state index contributed by atoms with van der Waals surface area (Å²) in [6.07, 6.45) is 18.6. The van der Waals surface area contributed by atoms with Crippen molar-refractivity contribution in [3.63, 3.8) is 0 Å². The molecule has 1 heteroatoms. The Hall–Kier alpha value is -1.00. The molecule has 0 aromatic heterocycles. The summed E-state index contributed by atoms with van der Waals surface area (Å²) in [5.41, 5.74) is 2.08. The van der Waals surface area contributed by atoms with Gasteiger partial charge in [-0.05, 0) is 81.5 Å². The Morgan fingerprint density at radius 1 is 1.39 bits per heavy atom. The van der Waals surface area contributed by atoms with E-state index >= 15 is 0 Å². The molecular weight excluding hydrogens is 280 g/mol. The predicted octanol–water partition coefficient (Wildman–Crippen LogP) is 4.87. The van der Waals surface area contributed by atoms with Gasteiger partial charge >= 0.3 is 0 Å². The number of hydrogen-bond acceptors (Lipinski definition) is 1. The van der Waals surface area contributed by atoms with Crippen LogP contribution < -0.4 is 0 Å². The summed E-state index contributed by atoms with van der Waals surface area (Å²) in [6, 6.07) is 0. The van der Waals surface area contributed by atoms with E-state index in [-0.39, 0.29) is 5.41 Å². The smallest absolute Gasteiger partial charge is 0.131 e. The van der Waals surface area contributed by atoms with Gasteiger partial charge in [-0.1, -0.05) is 36.6 Å². The fourth-order valence-electron chi connectivity index (χ4n) is 7.03. The van der Waals surface area contributed by atoms with Crippen molar-refractivity contribution < 1.29 is 5.11 Å². The van der Waals surface area contributed by atoms with E-state index in [0.717, 1.165) is 31.6 Å². The number of fused-ring (bicyclic) bond motifs is 5. The molecule has 0 saturated heterocycles. The zero-order valence-electron chi connectivity index (χ0n) is 14.5. The van der Waals surface area contributed by atoms with Gasteiger partial charge in [0, 0.05) is 5.41 Å². The summed E-state index contributed by atoms with van der Waals surface area (Å²) in [5, 5.41) is 11.2. The molecule has 3 fully saturated rings. The molecule has 23 heavy (non-hydrogen) atoms. The normalized spacial score (nSPS) is 48.7. The fourth-order valence-corrected chi connectivity index (χ4v) is 7.03. The SMILES string of the molecule is C#C[C@@]1(O)CC[C@H]2[C@@H]3CCC4=CCCC[C@@H]4[C@H]3C(=C)C[C@@]21CC. The largest absolute Gasteiger partial charge is 0.377 e. The second kappa shape index (κ2) is 5.25. The van der Waals surface area contributed by atoms with E-state index in [9.17, 15) is 5.11 Å². The molecule has 4 aliphatic carbocycles. The van der Waals surface area contributed by atoms with Gasteiger partial charge in [-0.2, -0.15) is 0 Å². The third-order valence-electron chi connectivity index (χ3n) is 8.01. The quantitative estimate of drug-likeness (QED) is 0.541. The Balaban J connectivity index is 1.74. The number of rotatable bonds is 1. The van der Waals surface area contributed by atoms with Crippen molar-refractivity contribution in [1.82, 2.24) is 0 Å². The molecular formula is C22H30O. The van der Waals surface area contributed by atoms with E-state index in [1.807, 2.05) is 0 Å². The van der Waals surface area contributed by atoms with Crippen LogP contribution in [0.5, 0.6) is 0 Å². The molecule has 6 atom stereocenters. The van der Waals surface area contributed by atoms with Crippen LogP contribution in [0.4, 0.5) is 0 Å². The van der Waals surface area contributed by atoms with Gasteiger partial charge in [0.2, 0.25) is 0 Å². The van der Waals surface area contributed by atoms with Gasteiger partial charge in [-0.3, -0.25) is 0 Å². The summed E-state index contributed by atoms with van der Waals surface area (Å²) in [5.74, 6) is 5.48. The standard InChI is InChI=1S/C22H30O/c1-4-21-14-15(3)20-17-9-7-6-8-16(17)10-11-18(20)19(21)12-13-22(21,23)5-2/h2,8,17-20,23H,3-4,6-7,9-14H2,1H3/t17-,18-,19-,20+,21-,22+/m0/s1. The molecule has 0 aromatic rings. The van der Waals surface area contributed by atoms with E-state index in [4.69, 9.17) is 6.42 Å². The van der Waals surface area contributed by atoms with Crippen LogP contribution in [-0.4, -0.2) is 10.7 Å². The van der Waals surface area contributed by atoms with Crippen LogP contribution in [-0.2, 0) is 0 Å². The molecule has 3 saturated carbocycles. The molecule has 0 aliphatic heterocycles. The summed E-state index contributed by atoms with van der Waals surface area (Å²) < 4.78 is 0. The van der Waals surface area contributed by atoms with Crippen molar-refractivity contribution >= 4 is 0 Å². The lowest BCUT2D eigenvalue weighted by molar-refractivity contribution is -0.0788. The Morgan fingerprint density at radius 2 is 2.22 bits per heavy atom. The maximum absolute atomic E-state index is 11.2. The second-order valence-electron chi connectivity index (χ2n) is 8.54. The zero-order valence-corrected chi connectivity index (χ0v) is 14.5. The Labute approximate surface area is 141 Å². The van der Waals surface area contributed by atoms with Crippen LogP contribution in [0.15, 0.2) is 23.8 Å². The average molecular weight is 310 g/mol. The maximum Gasteiger partial charge on any atom is 0.131 e. The van der Waals surface area contributed by atoms with Gasteiger partial charge in [0.25, 0.3) is 0 Å². The van der Waals surface area contributed by atoms with Crippen molar-refractivity contribution in [1.29, 1.82) is 0 Å². The van der Waals surface area contributed by atoms with Gasteiger partial charge in [-0.25, -0.2) is 0 Å². The highest BCUT2D eigenvalue weighted by Gasteiger charge is 2.64. The molecule has 0 spiro atoms. The summed E-state index contributed by atoms with van der Waals surface area (Å²) in [6.45, 7) is 6.76. The molecule has 0 radical (unpaired) electrons. The second-order valence-corrected chi connectivity index (χ2v) is 8.54. The average Bonchev–Trinajstić information content (AvgIpc) is 2.88. The monoisotopic (exact) mass is 310 g/mol. The van der Waals surface area contributed by atoms with E-state index in [1.165, 1.54) is 37.7 Å². The fraction of sp³-hybridized carbons (Fsp3) is 0.727. The summed E-state index contributed by atoms with van der Waals surface area (Å²) >= 11 is 0.